The van der Waals surface area contributed by atoms with Gasteiger partial charge in [0.05, 0.1) is 0 Å². The van der Waals surface area contributed by atoms with Gasteiger partial charge < -0.3 is 4.98 Å². The van der Waals surface area contributed by atoms with Gasteiger partial charge in [0.25, 0.3) is 0 Å². The number of hydrogen-bond donors (Lipinski definition) is 1. The SMILES string of the molecule is CCC(C)c1ncc[nH]1.Cl. The van der Waals surface area contributed by atoms with Crippen LogP contribution in [-0.4, -0.2) is 9.97 Å². The average molecular weight is 161 g/mol. The number of hydrogen-bond acceptors (Lipinski definition) is 1. The molecule has 1 aromatic rings. The molecule has 0 aromatic carbocycles. The number of rotatable bonds is 2. The zero-order chi connectivity index (χ0) is 6.69. The molecule has 0 fully saturated rings. The molecule has 1 atom stereocenters. The Morgan fingerprint density at radius 3 is 2.80 bits per heavy atom. The van der Waals surface area contributed by atoms with Crippen LogP contribution in [0.15, 0.2) is 12.4 Å². The molecule has 10 heavy (non-hydrogen) atoms. The van der Waals surface area contributed by atoms with Gasteiger partial charge in [-0.3, -0.25) is 0 Å². The van der Waals surface area contributed by atoms with Crippen molar-refractivity contribution >= 4 is 12.4 Å². The monoisotopic (exact) mass is 160 g/mol. The van der Waals surface area contributed by atoms with Gasteiger partial charge in [0.15, 0.2) is 0 Å². The molecule has 1 aromatic heterocycles. The van der Waals surface area contributed by atoms with E-state index in [0.29, 0.717) is 5.92 Å². The molecule has 0 aliphatic heterocycles. The number of halogens is 1. The Balaban J connectivity index is 0.000000810. The third kappa shape index (κ3) is 2.03. The fraction of sp³-hybridized carbons (Fsp3) is 0.571. The van der Waals surface area contributed by atoms with E-state index in [4.69, 9.17) is 0 Å². The average Bonchev–Trinajstić information content (AvgIpc) is 2.37. The van der Waals surface area contributed by atoms with Gasteiger partial charge >= 0.3 is 0 Å². The highest BCUT2D eigenvalue weighted by Gasteiger charge is 2.02. The molecule has 2 nitrogen and oxygen atoms in total. The van der Waals surface area contributed by atoms with Crippen molar-refractivity contribution in [1.29, 1.82) is 0 Å². The predicted octanol–water partition coefficient (Wildman–Crippen LogP) is 2.35. The fourth-order valence-corrected chi connectivity index (χ4v) is 0.740. The second-order valence-electron chi connectivity index (χ2n) is 2.28. The Labute approximate surface area is 67.5 Å². The second-order valence-corrected chi connectivity index (χ2v) is 2.28. The second kappa shape index (κ2) is 4.34. The van der Waals surface area contributed by atoms with Gasteiger partial charge in [0.2, 0.25) is 0 Å². The fourth-order valence-electron chi connectivity index (χ4n) is 0.740. The molecule has 1 N–H and O–H groups in total. The van der Waals surface area contributed by atoms with Crippen LogP contribution >= 0.6 is 12.4 Å². The molecule has 58 valence electrons. The highest BCUT2D eigenvalue weighted by atomic mass is 35.5. The maximum atomic E-state index is 4.13. The van der Waals surface area contributed by atoms with Gasteiger partial charge in [-0.05, 0) is 6.42 Å². The van der Waals surface area contributed by atoms with E-state index in [2.05, 4.69) is 23.8 Å². The van der Waals surface area contributed by atoms with Crippen molar-refractivity contribution in [3.05, 3.63) is 18.2 Å². The Morgan fingerprint density at radius 1 is 1.70 bits per heavy atom. The minimum Gasteiger partial charge on any atom is -0.348 e. The molecule has 0 bridgehead atoms. The lowest BCUT2D eigenvalue weighted by Gasteiger charge is -2.01. The summed E-state index contributed by atoms with van der Waals surface area (Å²) in [6.07, 6.45) is 4.80. The molecule has 1 unspecified atom stereocenters. The number of nitrogens with one attached hydrogen (secondary N) is 1. The summed E-state index contributed by atoms with van der Waals surface area (Å²) >= 11 is 0. The summed E-state index contributed by atoms with van der Waals surface area (Å²) < 4.78 is 0. The highest BCUT2D eigenvalue weighted by molar-refractivity contribution is 5.85. The number of aromatic amines is 1. The zero-order valence-electron chi connectivity index (χ0n) is 6.29. The van der Waals surface area contributed by atoms with Crippen LogP contribution < -0.4 is 0 Å². The minimum absolute atomic E-state index is 0. The summed E-state index contributed by atoms with van der Waals surface area (Å²) in [5.41, 5.74) is 0. The predicted molar refractivity (Wildman–Crippen MR) is 44.5 cm³/mol. The maximum absolute atomic E-state index is 4.13. The van der Waals surface area contributed by atoms with Crippen LogP contribution in [0.25, 0.3) is 0 Å². The van der Waals surface area contributed by atoms with Crippen molar-refractivity contribution in [2.75, 3.05) is 0 Å². The van der Waals surface area contributed by atoms with Crippen molar-refractivity contribution in [3.8, 4) is 0 Å². The third-order valence-electron chi connectivity index (χ3n) is 1.60. The summed E-state index contributed by atoms with van der Waals surface area (Å²) in [6, 6.07) is 0. The Bertz CT molecular complexity index is 160. The van der Waals surface area contributed by atoms with E-state index in [9.17, 15) is 0 Å². The van der Waals surface area contributed by atoms with E-state index in [-0.39, 0.29) is 12.4 Å². The number of imidazole rings is 1. The topological polar surface area (TPSA) is 28.7 Å². The highest BCUT2D eigenvalue weighted by Crippen LogP contribution is 2.12. The molecule has 0 spiro atoms. The van der Waals surface area contributed by atoms with E-state index in [0.717, 1.165) is 12.2 Å². The van der Waals surface area contributed by atoms with Crippen LogP contribution in [0.1, 0.15) is 32.0 Å². The zero-order valence-corrected chi connectivity index (χ0v) is 7.11. The summed E-state index contributed by atoms with van der Waals surface area (Å²) in [7, 11) is 0. The van der Waals surface area contributed by atoms with Crippen LogP contribution in [-0.2, 0) is 0 Å². The van der Waals surface area contributed by atoms with E-state index in [1.807, 2.05) is 6.20 Å². The van der Waals surface area contributed by atoms with Crippen molar-refractivity contribution in [2.24, 2.45) is 0 Å². The molecule has 0 radical (unpaired) electrons. The van der Waals surface area contributed by atoms with Crippen LogP contribution in [0.4, 0.5) is 0 Å². The normalized spacial score (nSPS) is 12.2. The van der Waals surface area contributed by atoms with E-state index in [1.54, 1.807) is 6.20 Å². The molecule has 0 aliphatic rings. The Kier molecular flexibility index (Phi) is 4.12. The Morgan fingerprint density at radius 2 is 2.40 bits per heavy atom. The van der Waals surface area contributed by atoms with Crippen LogP contribution in [0.5, 0.6) is 0 Å². The minimum atomic E-state index is 0. The maximum Gasteiger partial charge on any atom is 0.108 e. The molecule has 3 heteroatoms. The molecular weight excluding hydrogens is 148 g/mol. The lowest BCUT2D eigenvalue weighted by atomic mass is 10.1. The summed E-state index contributed by atoms with van der Waals surface area (Å²) in [5.74, 6) is 1.66. The molecule has 1 heterocycles. The number of H-pyrrole nitrogens is 1. The molecule has 0 amide bonds. The quantitative estimate of drug-likeness (QED) is 0.707. The number of nitrogens with zero attached hydrogens (tertiary/aromatic N) is 1. The first kappa shape index (κ1) is 9.50. The van der Waals surface area contributed by atoms with Crippen molar-refractivity contribution < 1.29 is 0 Å². The van der Waals surface area contributed by atoms with E-state index >= 15 is 0 Å². The van der Waals surface area contributed by atoms with Gasteiger partial charge in [-0.25, -0.2) is 4.98 Å². The summed E-state index contributed by atoms with van der Waals surface area (Å²) in [6.45, 7) is 4.33. The van der Waals surface area contributed by atoms with Crippen molar-refractivity contribution in [2.45, 2.75) is 26.2 Å². The van der Waals surface area contributed by atoms with Crippen molar-refractivity contribution in [1.82, 2.24) is 9.97 Å². The first-order valence-electron chi connectivity index (χ1n) is 3.34. The molecular formula is C7H13ClN2. The first-order valence-corrected chi connectivity index (χ1v) is 3.34. The van der Waals surface area contributed by atoms with Crippen molar-refractivity contribution in [3.63, 3.8) is 0 Å². The van der Waals surface area contributed by atoms with E-state index < -0.39 is 0 Å². The standard InChI is InChI=1S/C7H12N2.ClH/c1-3-6(2)7-8-4-5-9-7;/h4-6H,3H2,1-2H3,(H,8,9);1H. The largest absolute Gasteiger partial charge is 0.348 e. The van der Waals surface area contributed by atoms with Crippen LogP contribution in [0.2, 0.25) is 0 Å². The lowest BCUT2D eigenvalue weighted by molar-refractivity contribution is 0.689. The lowest BCUT2D eigenvalue weighted by Crippen LogP contribution is -1.92. The van der Waals surface area contributed by atoms with Crippen LogP contribution in [0.3, 0.4) is 0 Å². The summed E-state index contributed by atoms with van der Waals surface area (Å²) in [4.78, 5) is 7.21. The number of aromatic nitrogens is 2. The third-order valence-corrected chi connectivity index (χ3v) is 1.60. The van der Waals surface area contributed by atoms with Gasteiger partial charge in [-0.1, -0.05) is 13.8 Å². The van der Waals surface area contributed by atoms with Crippen LogP contribution in [0, 0.1) is 0 Å². The molecule has 1 rings (SSSR count). The van der Waals surface area contributed by atoms with Gasteiger partial charge in [-0.2, -0.15) is 0 Å². The molecule has 0 aliphatic carbocycles. The van der Waals surface area contributed by atoms with E-state index in [1.165, 1.54) is 0 Å². The van der Waals surface area contributed by atoms with Gasteiger partial charge in [-0.15, -0.1) is 12.4 Å². The van der Waals surface area contributed by atoms with Gasteiger partial charge in [0.1, 0.15) is 5.82 Å². The van der Waals surface area contributed by atoms with Gasteiger partial charge in [0, 0.05) is 18.3 Å². The first-order chi connectivity index (χ1) is 4.34. The smallest absolute Gasteiger partial charge is 0.108 e. The molecule has 0 saturated carbocycles. The molecule has 0 saturated heterocycles. The Hall–Kier alpha value is -0.500. The summed E-state index contributed by atoms with van der Waals surface area (Å²) in [5, 5.41) is 0.